The molecule has 0 aliphatic carbocycles. The van der Waals surface area contributed by atoms with Crippen molar-refractivity contribution >= 4 is 17.7 Å². The molecule has 0 spiro atoms. The Morgan fingerprint density at radius 1 is 1.29 bits per heavy atom. The molecule has 0 saturated carbocycles. The number of hydrogen-bond acceptors (Lipinski definition) is 3. The lowest BCUT2D eigenvalue weighted by Crippen LogP contribution is -2.39. The molecule has 0 aliphatic rings. The highest BCUT2D eigenvalue weighted by molar-refractivity contribution is 6.31. The van der Waals surface area contributed by atoms with Crippen LogP contribution in [0.5, 0.6) is 0 Å². The number of hydrogen-bond donors (Lipinski definition) is 2. The second-order valence-corrected chi connectivity index (χ2v) is 6.49. The first kappa shape index (κ1) is 17.8. The lowest BCUT2D eigenvalue weighted by molar-refractivity contribution is 0.0528. The van der Waals surface area contributed by atoms with Crippen molar-refractivity contribution in [3.05, 3.63) is 34.9 Å². The van der Waals surface area contributed by atoms with Gasteiger partial charge in [-0.1, -0.05) is 29.8 Å². The molecule has 118 valence electrons. The Balaban J connectivity index is 2.21. The van der Waals surface area contributed by atoms with E-state index in [1.54, 1.807) is 0 Å². The van der Waals surface area contributed by atoms with Gasteiger partial charge in [-0.05, 0) is 45.7 Å². The van der Waals surface area contributed by atoms with Gasteiger partial charge >= 0.3 is 6.09 Å². The fourth-order valence-electron chi connectivity index (χ4n) is 1.86. The molecule has 2 N–H and O–H groups in total. The Morgan fingerprint density at radius 3 is 2.57 bits per heavy atom. The van der Waals surface area contributed by atoms with E-state index in [0.29, 0.717) is 13.1 Å². The average molecular weight is 313 g/mol. The lowest BCUT2D eigenvalue weighted by Gasteiger charge is -2.20. The van der Waals surface area contributed by atoms with Crippen molar-refractivity contribution in [1.29, 1.82) is 0 Å². The van der Waals surface area contributed by atoms with Crippen LogP contribution in [0.4, 0.5) is 4.79 Å². The molecule has 1 unspecified atom stereocenters. The monoisotopic (exact) mass is 312 g/mol. The Bertz CT molecular complexity index is 458. The summed E-state index contributed by atoms with van der Waals surface area (Å²) in [7, 11) is 0. The summed E-state index contributed by atoms with van der Waals surface area (Å²) in [6.07, 6.45) is 0.467. The summed E-state index contributed by atoms with van der Waals surface area (Å²) in [5.74, 6) is 0. The molecule has 0 fully saturated rings. The molecule has 1 aromatic carbocycles. The molecule has 1 aromatic rings. The minimum absolute atomic E-state index is 0.283. The van der Waals surface area contributed by atoms with Gasteiger partial charge in [0.05, 0.1) is 0 Å². The minimum Gasteiger partial charge on any atom is -0.444 e. The lowest BCUT2D eigenvalue weighted by atomic mass is 10.1. The Morgan fingerprint density at radius 2 is 1.95 bits per heavy atom. The van der Waals surface area contributed by atoms with E-state index in [1.807, 2.05) is 45.0 Å². The van der Waals surface area contributed by atoms with Crippen LogP contribution >= 0.6 is 11.6 Å². The molecule has 21 heavy (non-hydrogen) atoms. The summed E-state index contributed by atoms with van der Waals surface area (Å²) >= 11 is 6.13. The van der Waals surface area contributed by atoms with Gasteiger partial charge in [-0.15, -0.1) is 0 Å². The first-order valence-electron chi connectivity index (χ1n) is 7.21. The highest BCUT2D eigenvalue weighted by atomic mass is 35.5. The number of carbonyl (C=O) groups excluding carboxylic acids is 1. The van der Waals surface area contributed by atoms with Crippen molar-refractivity contribution in [2.75, 3.05) is 13.1 Å². The van der Waals surface area contributed by atoms with Crippen LogP contribution in [0.2, 0.25) is 5.02 Å². The molecule has 0 heterocycles. The molecular formula is C16H25ClN2O2. The number of benzene rings is 1. The van der Waals surface area contributed by atoms with Crippen molar-refractivity contribution in [1.82, 2.24) is 10.6 Å². The summed E-state index contributed by atoms with van der Waals surface area (Å²) in [5, 5.41) is 6.86. The normalized spacial score (nSPS) is 12.8. The predicted molar refractivity (Wildman–Crippen MR) is 86.9 cm³/mol. The highest BCUT2D eigenvalue weighted by Crippen LogP contribution is 2.16. The second kappa shape index (κ2) is 8.25. The van der Waals surface area contributed by atoms with E-state index in [2.05, 4.69) is 17.6 Å². The molecule has 0 radical (unpaired) electrons. The van der Waals surface area contributed by atoms with Gasteiger partial charge in [0, 0.05) is 24.2 Å². The number of carbonyl (C=O) groups is 1. The SMILES string of the molecule is CC(Cc1ccccc1Cl)NCCNC(=O)OC(C)(C)C. The molecule has 0 aromatic heterocycles. The van der Waals surface area contributed by atoms with Gasteiger partial charge in [0.15, 0.2) is 0 Å². The zero-order valence-electron chi connectivity index (χ0n) is 13.2. The van der Waals surface area contributed by atoms with Crippen molar-refractivity contribution in [3.63, 3.8) is 0 Å². The summed E-state index contributed by atoms with van der Waals surface area (Å²) in [6, 6.07) is 8.12. The predicted octanol–water partition coefficient (Wildman–Crippen LogP) is 3.39. The molecule has 0 aliphatic heterocycles. The maximum Gasteiger partial charge on any atom is 0.407 e. The first-order valence-corrected chi connectivity index (χ1v) is 7.59. The summed E-state index contributed by atoms with van der Waals surface area (Å²) < 4.78 is 5.16. The largest absolute Gasteiger partial charge is 0.444 e. The third-order valence-electron chi connectivity index (χ3n) is 2.77. The van der Waals surface area contributed by atoms with Crippen LogP contribution in [0.15, 0.2) is 24.3 Å². The summed E-state index contributed by atoms with van der Waals surface area (Å²) in [6.45, 7) is 8.84. The van der Waals surface area contributed by atoms with Crippen LogP contribution in [0.25, 0.3) is 0 Å². The molecule has 0 saturated heterocycles. The van der Waals surface area contributed by atoms with Crippen LogP contribution in [-0.4, -0.2) is 30.8 Å². The quantitative estimate of drug-likeness (QED) is 0.792. The second-order valence-electron chi connectivity index (χ2n) is 6.08. The van der Waals surface area contributed by atoms with Gasteiger partial charge < -0.3 is 15.4 Å². The third-order valence-corrected chi connectivity index (χ3v) is 3.14. The number of alkyl carbamates (subject to hydrolysis) is 1. The first-order chi connectivity index (χ1) is 9.78. The molecule has 1 amide bonds. The van der Waals surface area contributed by atoms with Gasteiger partial charge in [0.1, 0.15) is 5.60 Å². The van der Waals surface area contributed by atoms with E-state index in [0.717, 1.165) is 17.0 Å². The van der Waals surface area contributed by atoms with Crippen molar-refractivity contribution in [2.24, 2.45) is 0 Å². The molecular weight excluding hydrogens is 288 g/mol. The van der Waals surface area contributed by atoms with E-state index in [-0.39, 0.29) is 12.1 Å². The summed E-state index contributed by atoms with van der Waals surface area (Å²) in [4.78, 5) is 11.5. The average Bonchev–Trinajstić information content (AvgIpc) is 2.35. The maximum absolute atomic E-state index is 11.5. The van der Waals surface area contributed by atoms with Crippen LogP contribution in [0.3, 0.4) is 0 Å². The van der Waals surface area contributed by atoms with Gasteiger partial charge in [-0.25, -0.2) is 4.79 Å². The Hall–Kier alpha value is -1.26. The number of rotatable bonds is 6. The van der Waals surface area contributed by atoms with E-state index in [1.165, 1.54) is 0 Å². The van der Waals surface area contributed by atoms with E-state index in [9.17, 15) is 4.79 Å². The number of nitrogens with one attached hydrogen (secondary N) is 2. The number of amides is 1. The number of halogens is 1. The fourth-order valence-corrected chi connectivity index (χ4v) is 2.08. The van der Waals surface area contributed by atoms with Gasteiger partial charge in [0.2, 0.25) is 0 Å². The topological polar surface area (TPSA) is 50.4 Å². The number of ether oxygens (including phenoxy) is 1. The highest BCUT2D eigenvalue weighted by Gasteiger charge is 2.15. The van der Waals surface area contributed by atoms with Crippen LogP contribution in [-0.2, 0) is 11.2 Å². The molecule has 0 bridgehead atoms. The van der Waals surface area contributed by atoms with Gasteiger partial charge in [-0.3, -0.25) is 0 Å². The third kappa shape index (κ3) is 7.93. The fraction of sp³-hybridized carbons (Fsp3) is 0.562. The zero-order chi connectivity index (χ0) is 15.9. The molecule has 5 heteroatoms. The van der Waals surface area contributed by atoms with Crippen LogP contribution in [0, 0.1) is 0 Å². The zero-order valence-corrected chi connectivity index (χ0v) is 14.0. The molecule has 1 atom stereocenters. The van der Waals surface area contributed by atoms with E-state index < -0.39 is 5.60 Å². The Kier molecular flexibility index (Phi) is 6.99. The van der Waals surface area contributed by atoms with Crippen molar-refractivity contribution in [2.45, 2.75) is 45.8 Å². The van der Waals surface area contributed by atoms with Crippen LogP contribution in [0.1, 0.15) is 33.3 Å². The van der Waals surface area contributed by atoms with Crippen LogP contribution < -0.4 is 10.6 Å². The molecule has 1 rings (SSSR count). The minimum atomic E-state index is -0.463. The van der Waals surface area contributed by atoms with Crippen molar-refractivity contribution in [3.8, 4) is 0 Å². The smallest absolute Gasteiger partial charge is 0.407 e. The van der Waals surface area contributed by atoms with E-state index in [4.69, 9.17) is 16.3 Å². The van der Waals surface area contributed by atoms with E-state index >= 15 is 0 Å². The Labute approximate surface area is 132 Å². The maximum atomic E-state index is 11.5. The van der Waals surface area contributed by atoms with Crippen molar-refractivity contribution < 1.29 is 9.53 Å². The summed E-state index contributed by atoms with van der Waals surface area (Å²) in [5.41, 5.74) is 0.661. The molecule has 4 nitrogen and oxygen atoms in total. The van der Waals surface area contributed by atoms with Gasteiger partial charge in [0.25, 0.3) is 0 Å². The van der Waals surface area contributed by atoms with Gasteiger partial charge in [-0.2, -0.15) is 0 Å². The standard InChI is InChI=1S/C16H25ClN2O2/c1-12(11-13-7-5-6-8-14(13)17)18-9-10-19-15(20)21-16(2,3)4/h5-8,12,18H,9-11H2,1-4H3,(H,19,20).